The summed E-state index contributed by atoms with van der Waals surface area (Å²) in [6, 6.07) is 2.76. The lowest BCUT2D eigenvalue weighted by molar-refractivity contribution is -0.384. The number of nitrogens with one attached hydrogen (secondary N) is 2. The zero-order chi connectivity index (χ0) is 19.6. The maximum atomic E-state index is 12.7. The molecule has 2 amide bonds. The molecule has 1 aliphatic heterocycles. The molecule has 9 heteroatoms. The second kappa shape index (κ2) is 7.74. The molecular weight excluding hydrogens is 362 g/mol. The Morgan fingerprint density at radius 2 is 1.96 bits per heavy atom. The van der Waals surface area contributed by atoms with Crippen molar-refractivity contribution in [1.29, 1.82) is 0 Å². The van der Waals surface area contributed by atoms with Gasteiger partial charge in [0.1, 0.15) is 5.02 Å². The first-order valence-corrected chi connectivity index (χ1v) is 8.46. The number of urea groups is 1. The van der Waals surface area contributed by atoms with Crippen LogP contribution in [0.15, 0.2) is 29.5 Å². The zero-order valence-electron chi connectivity index (χ0n) is 14.8. The van der Waals surface area contributed by atoms with Crippen molar-refractivity contribution >= 4 is 29.3 Å². The fourth-order valence-electron chi connectivity index (χ4n) is 2.64. The van der Waals surface area contributed by atoms with Crippen molar-refractivity contribution in [3.05, 3.63) is 50.2 Å². The van der Waals surface area contributed by atoms with Gasteiger partial charge in [-0.2, -0.15) is 0 Å². The predicted octanol–water partition coefficient (Wildman–Crippen LogP) is 3.46. The molecule has 1 atom stereocenters. The lowest BCUT2D eigenvalue weighted by Gasteiger charge is -2.31. The first kappa shape index (κ1) is 19.7. The third-order valence-corrected chi connectivity index (χ3v) is 4.06. The summed E-state index contributed by atoms with van der Waals surface area (Å²) < 4.78 is 5.31. The van der Waals surface area contributed by atoms with Gasteiger partial charge in [0, 0.05) is 11.8 Å². The van der Waals surface area contributed by atoms with Crippen molar-refractivity contribution in [3.63, 3.8) is 0 Å². The largest absolute Gasteiger partial charge is 0.459 e. The van der Waals surface area contributed by atoms with Crippen LogP contribution < -0.4 is 10.6 Å². The molecule has 2 rings (SSSR count). The van der Waals surface area contributed by atoms with E-state index in [-0.39, 0.29) is 28.3 Å². The van der Waals surface area contributed by atoms with Gasteiger partial charge >= 0.3 is 12.0 Å². The number of rotatable bonds is 5. The molecule has 0 radical (unpaired) electrons. The molecule has 1 aromatic rings. The summed E-state index contributed by atoms with van der Waals surface area (Å²) in [5.74, 6) is -0.764. The summed E-state index contributed by atoms with van der Waals surface area (Å²) in [4.78, 5) is 35.3. The normalized spacial score (nSPS) is 17.2. The van der Waals surface area contributed by atoms with Crippen LogP contribution in [0.3, 0.4) is 0 Å². The third-order valence-electron chi connectivity index (χ3n) is 3.74. The molecule has 26 heavy (non-hydrogen) atoms. The van der Waals surface area contributed by atoms with Crippen molar-refractivity contribution in [1.82, 2.24) is 10.6 Å². The Labute approximate surface area is 155 Å². The maximum absolute atomic E-state index is 12.7. The van der Waals surface area contributed by atoms with Gasteiger partial charge in [-0.25, -0.2) is 9.59 Å². The summed E-state index contributed by atoms with van der Waals surface area (Å²) in [6.45, 7) is 7.07. The number of esters is 1. The molecule has 140 valence electrons. The van der Waals surface area contributed by atoms with Crippen molar-refractivity contribution in [2.75, 3.05) is 0 Å². The van der Waals surface area contributed by atoms with Gasteiger partial charge in [-0.05, 0) is 31.4 Å². The molecule has 0 spiro atoms. The van der Waals surface area contributed by atoms with Crippen molar-refractivity contribution in [2.45, 2.75) is 39.8 Å². The molecular formula is C17H20ClN3O5. The molecule has 1 aromatic carbocycles. The Morgan fingerprint density at radius 3 is 2.50 bits per heavy atom. The first-order chi connectivity index (χ1) is 12.1. The Bertz CT molecular complexity index is 789. The number of hydrogen-bond donors (Lipinski definition) is 2. The van der Waals surface area contributed by atoms with E-state index in [1.54, 1.807) is 13.8 Å². The van der Waals surface area contributed by atoms with E-state index in [4.69, 9.17) is 16.3 Å². The Balaban J connectivity index is 2.61. The molecule has 1 heterocycles. The van der Waals surface area contributed by atoms with Crippen molar-refractivity contribution in [3.8, 4) is 0 Å². The van der Waals surface area contributed by atoms with Crippen LogP contribution in [-0.2, 0) is 9.53 Å². The van der Waals surface area contributed by atoms with Gasteiger partial charge in [-0.3, -0.25) is 10.1 Å². The van der Waals surface area contributed by atoms with Gasteiger partial charge in [-0.1, -0.05) is 31.5 Å². The smallest absolute Gasteiger partial charge is 0.338 e. The number of nitro benzene ring substituents is 1. The Hall–Kier alpha value is -2.61. The summed E-state index contributed by atoms with van der Waals surface area (Å²) in [5.41, 5.74) is 0.691. The third kappa shape index (κ3) is 4.13. The highest BCUT2D eigenvalue weighted by atomic mass is 35.5. The number of nitrogens with zero attached hydrogens (tertiary/aromatic N) is 1. The Kier molecular flexibility index (Phi) is 5.86. The minimum absolute atomic E-state index is 0.0293. The molecule has 0 bridgehead atoms. The second-order valence-corrected chi connectivity index (χ2v) is 6.84. The molecule has 1 aliphatic rings. The number of carbonyl (C=O) groups is 2. The van der Waals surface area contributed by atoms with Crippen LogP contribution in [0.2, 0.25) is 5.02 Å². The quantitative estimate of drug-likeness (QED) is 0.461. The number of ether oxygens (including phenoxy) is 1. The highest BCUT2D eigenvalue weighted by Crippen LogP contribution is 2.34. The number of amides is 2. The van der Waals surface area contributed by atoms with Gasteiger partial charge in [0.2, 0.25) is 0 Å². The second-order valence-electron chi connectivity index (χ2n) is 6.44. The monoisotopic (exact) mass is 381 g/mol. The molecule has 0 saturated heterocycles. The molecule has 2 N–H and O–H groups in total. The maximum Gasteiger partial charge on any atom is 0.338 e. The number of nitro groups is 1. The van der Waals surface area contributed by atoms with E-state index >= 15 is 0 Å². The minimum atomic E-state index is -0.886. The van der Waals surface area contributed by atoms with E-state index in [9.17, 15) is 19.7 Å². The number of benzene rings is 1. The van der Waals surface area contributed by atoms with Crippen molar-refractivity contribution < 1.29 is 19.2 Å². The topological polar surface area (TPSA) is 111 Å². The predicted molar refractivity (Wildman–Crippen MR) is 95.6 cm³/mol. The average molecular weight is 382 g/mol. The van der Waals surface area contributed by atoms with Crippen molar-refractivity contribution in [2.24, 2.45) is 5.92 Å². The van der Waals surface area contributed by atoms with E-state index in [0.717, 1.165) is 0 Å². The zero-order valence-corrected chi connectivity index (χ0v) is 15.6. The summed E-state index contributed by atoms with van der Waals surface area (Å²) in [6.07, 6.45) is -0.360. The van der Waals surface area contributed by atoms with E-state index in [2.05, 4.69) is 10.6 Å². The van der Waals surface area contributed by atoms with Gasteiger partial charge in [0.05, 0.1) is 22.6 Å². The molecule has 0 aromatic heterocycles. The van der Waals surface area contributed by atoms with Crippen LogP contribution in [0, 0.1) is 16.0 Å². The highest BCUT2D eigenvalue weighted by molar-refractivity contribution is 6.32. The van der Waals surface area contributed by atoms with E-state index in [0.29, 0.717) is 11.3 Å². The molecule has 1 unspecified atom stereocenters. The SMILES string of the molecule is CC(C)OC(=O)C1=C(C(C)C)NC(=O)NC1c1ccc(Cl)c([N+](=O)[O-])c1. The Morgan fingerprint density at radius 1 is 1.31 bits per heavy atom. The standard InChI is InChI=1S/C17H20ClN3O5/c1-8(2)14-13(16(22)26-9(3)4)15(20-17(23)19-14)10-5-6-11(18)12(7-10)21(24)25/h5-9,15H,1-4H3,(H2,19,20,23). The first-order valence-electron chi connectivity index (χ1n) is 8.08. The molecule has 0 saturated carbocycles. The van der Waals surface area contributed by atoms with Crippen LogP contribution >= 0.6 is 11.6 Å². The fraction of sp³-hybridized carbons (Fsp3) is 0.412. The average Bonchev–Trinajstić information content (AvgIpc) is 2.53. The van der Waals surface area contributed by atoms with E-state index in [1.807, 2.05) is 13.8 Å². The van der Waals surface area contributed by atoms with Crippen LogP contribution in [0.5, 0.6) is 0 Å². The van der Waals surface area contributed by atoms with E-state index in [1.165, 1.54) is 18.2 Å². The molecule has 0 aliphatic carbocycles. The van der Waals surface area contributed by atoms with Gasteiger partial charge in [0.25, 0.3) is 5.69 Å². The lowest BCUT2D eigenvalue weighted by atomic mass is 9.91. The van der Waals surface area contributed by atoms with Gasteiger partial charge < -0.3 is 15.4 Å². The summed E-state index contributed by atoms with van der Waals surface area (Å²) >= 11 is 5.86. The number of carbonyl (C=O) groups excluding carboxylic acids is 2. The van der Waals surface area contributed by atoms with E-state index < -0.39 is 23.0 Å². The van der Waals surface area contributed by atoms with Crippen LogP contribution in [0.25, 0.3) is 0 Å². The number of hydrogen-bond acceptors (Lipinski definition) is 5. The minimum Gasteiger partial charge on any atom is -0.459 e. The molecule has 0 fully saturated rings. The van der Waals surface area contributed by atoms with Crippen LogP contribution in [-0.4, -0.2) is 23.0 Å². The summed E-state index contributed by atoms with van der Waals surface area (Å²) in [5, 5.41) is 16.4. The summed E-state index contributed by atoms with van der Waals surface area (Å²) in [7, 11) is 0. The van der Waals surface area contributed by atoms with Crippen LogP contribution in [0.1, 0.15) is 39.3 Å². The van der Waals surface area contributed by atoms with Gasteiger partial charge in [0.15, 0.2) is 0 Å². The number of halogens is 1. The number of allylic oxidation sites excluding steroid dienone is 1. The molecule has 8 nitrogen and oxygen atoms in total. The van der Waals surface area contributed by atoms with Gasteiger partial charge in [-0.15, -0.1) is 0 Å². The lowest BCUT2D eigenvalue weighted by Crippen LogP contribution is -2.47. The highest BCUT2D eigenvalue weighted by Gasteiger charge is 2.35. The van der Waals surface area contributed by atoms with Crippen LogP contribution in [0.4, 0.5) is 10.5 Å². The fourth-order valence-corrected chi connectivity index (χ4v) is 2.83.